The van der Waals surface area contributed by atoms with Crippen molar-refractivity contribution in [3.8, 4) is 0 Å². The van der Waals surface area contributed by atoms with Crippen molar-refractivity contribution in [2.75, 3.05) is 7.11 Å². The minimum absolute atomic E-state index is 0.00361. The van der Waals surface area contributed by atoms with Crippen LogP contribution in [0.15, 0.2) is 24.0 Å². The van der Waals surface area contributed by atoms with Crippen molar-refractivity contribution in [3.05, 3.63) is 24.0 Å². The van der Waals surface area contributed by atoms with Gasteiger partial charge in [0, 0.05) is 5.92 Å². The average Bonchev–Trinajstić information content (AvgIpc) is 2.03. The van der Waals surface area contributed by atoms with Crippen LogP contribution in [0.5, 0.6) is 0 Å². The fourth-order valence-electron chi connectivity index (χ4n) is 1.36. The van der Waals surface area contributed by atoms with E-state index in [1.807, 2.05) is 26.0 Å². The maximum atomic E-state index is 13.3. The minimum atomic E-state index is -0.898. The van der Waals surface area contributed by atoms with Crippen molar-refractivity contribution in [2.24, 2.45) is 11.8 Å². The van der Waals surface area contributed by atoms with Crippen molar-refractivity contribution in [1.82, 2.24) is 0 Å². The maximum absolute atomic E-state index is 13.3. The second-order valence-corrected chi connectivity index (χ2v) is 3.40. The molecule has 0 bridgehead atoms. The molecule has 0 spiro atoms. The number of rotatable bonds is 2. The molecule has 2 atom stereocenters. The van der Waals surface area contributed by atoms with E-state index >= 15 is 0 Å². The van der Waals surface area contributed by atoms with Crippen LogP contribution in [-0.4, -0.2) is 13.3 Å². The zero-order valence-electron chi connectivity index (χ0n) is 7.75. The predicted octanol–water partition coefficient (Wildman–Crippen LogP) is 2.70. The molecular formula is C10H15FO. The van der Waals surface area contributed by atoms with Gasteiger partial charge in [-0.05, 0) is 18.1 Å². The summed E-state index contributed by atoms with van der Waals surface area (Å²) in [6.07, 6.45) is 4.35. The molecule has 2 heteroatoms. The van der Waals surface area contributed by atoms with Gasteiger partial charge in [0.2, 0.25) is 0 Å². The summed E-state index contributed by atoms with van der Waals surface area (Å²) in [7, 11) is 1.55. The van der Waals surface area contributed by atoms with Crippen molar-refractivity contribution < 1.29 is 9.13 Å². The first-order valence-electron chi connectivity index (χ1n) is 4.23. The number of ether oxygens (including phenoxy) is 1. The second kappa shape index (κ2) is 3.74. The van der Waals surface area contributed by atoms with Gasteiger partial charge < -0.3 is 4.74 Å². The van der Waals surface area contributed by atoms with E-state index in [-0.39, 0.29) is 5.92 Å². The van der Waals surface area contributed by atoms with Crippen LogP contribution in [-0.2, 0) is 4.74 Å². The van der Waals surface area contributed by atoms with Gasteiger partial charge in [-0.25, -0.2) is 4.39 Å². The highest BCUT2D eigenvalue weighted by atomic mass is 19.1. The molecule has 2 unspecified atom stereocenters. The standard InChI is InChI=1S/C10H15FO/c1-7(2)9-5-4-8(12-3)6-10(9)11/h4-7,9-10H,1-3H3. The lowest BCUT2D eigenvalue weighted by atomic mass is 9.88. The maximum Gasteiger partial charge on any atom is 0.129 e. The summed E-state index contributed by atoms with van der Waals surface area (Å²) in [5.41, 5.74) is 0. The van der Waals surface area contributed by atoms with Gasteiger partial charge in [0.25, 0.3) is 0 Å². The quantitative estimate of drug-likeness (QED) is 0.619. The zero-order chi connectivity index (χ0) is 9.14. The first-order valence-corrected chi connectivity index (χ1v) is 4.23. The van der Waals surface area contributed by atoms with Gasteiger partial charge in [0.05, 0.1) is 7.11 Å². The summed E-state index contributed by atoms with van der Waals surface area (Å²) in [6, 6.07) is 0. The Hall–Kier alpha value is -0.790. The molecule has 0 aliphatic heterocycles. The number of methoxy groups -OCH3 is 1. The lowest BCUT2D eigenvalue weighted by Gasteiger charge is -2.22. The van der Waals surface area contributed by atoms with Crippen LogP contribution in [0, 0.1) is 11.8 Å². The Morgan fingerprint density at radius 1 is 1.50 bits per heavy atom. The van der Waals surface area contributed by atoms with E-state index in [1.165, 1.54) is 6.08 Å². The Balaban J connectivity index is 2.68. The van der Waals surface area contributed by atoms with Gasteiger partial charge >= 0.3 is 0 Å². The molecule has 0 saturated carbocycles. The van der Waals surface area contributed by atoms with Crippen LogP contribution in [0.3, 0.4) is 0 Å². The largest absolute Gasteiger partial charge is 0.497 e. The topological polar surface area (TPSA) is 9.23 Å². The molecule has 12 heavy (non-hydrogen) atoms. The van der Waals surface area contributed by atoms with Crippen molar-refractivity contribution in [2.45, 2.75) is 20.0 Å². The first kappa shape index (κ1) is 9.30. The average molecular weight is 170 g/mol. The first-order chi connectivity index (χ1) is 5.65. The smallest absolute Gasteiger partial charge is 0.129 e. The van der Waals surface area contributed by atoms with Crippen molar-refractivity contribution >= 4 is 0 Å². The Morgan fingerprint density at radius 2 is 2.17 bits per heavy atom. The highest BCUT2D eigenvalue weighted by Gasteiger charge is 2.23. The molecule has 1 aliphatic carbocycles. The lowest BCUT2D eigenvalue weighted by molar-refractivity contribution is 0.240. The van der Waals surface area contributed by atoms with Gasteiger partial charge in [-0.2, -0.15) is 0 Å². The fraction of sp³-hybridized carbons (Fsp3) is 0.600. The lowest BCUT2D eigenvalue weighted by Crippen LogP contribution is -2.20. The van der Waals surface area contributed by atoms with E-state index < -0.39 is 6.17 Å². The van der Waals surface area contributed by atoms with Crippen LogP contribution in [0.1, 0.15) is 13.8 Å². The Labute approximate surface area is 72.9 Å². The van der Waals surface area contributed by atoms with Crippen LogP contribution in [0.4, 0.5) is 4.39 Å². The highest BCUT2D eigenvalue weighted by molar-refractivity contribution is 5.21. The van der Waals surface area contributed by atoms with Crippen LogP contribution in [0.25, 0.3) is 0 Å². The fourth-order valence-corrected chi connectivity index (χ4v) is 1.36. The van der Waals surface area contributed by atoms with Crippen molar-refractivity contribution in [3.63, 3.8) is 0 Å². The monoisotopic (exact) mass is 170 g/mol. The molecule has 68 valence electrons. The van der Waals surface area contributed by atoms with Gasteiger partial charge in [0.15, 0.2) is 0 Å². The van der Waals surface area contributed by atoms with Gasteiger partial charge in [-0.3, -0.25) is 0 Å². The number of halogens is 1. The molecule has 0 aromatic rings. The predicted molar refractivity (Wildman–Crippen MR) is 47.5 cm³/mol. The number of hydrogen-bond acceptors (Lipinski definition) is 1. The summed E-state index contributed by atoms with van der Waals surface area (Å²) in [5.74, 6) is 0.967. The molecule has 0 heterocycles. The third-order valence-electron chi connectivity index (χ3n) is 2.18. The van der Waals surface area contributed by atoms with Crippen LogP contribution < -0.4 is 0 Å². The third kappa shape index (κ3) is 1.87. The molecule has 0 aromatic heterocycles. The van der Waals surface area contributed by atoms with E-state index in [4.69, 9.17) is 4.74 Å². The summed E-state index contributed by atoms with van der Waals surface area (Å²) in [4.78, 5) is 0. The minimum Gasteiger partial charge on any atom is -0.497 e. The number of alkyl halides is 1. The molecule has 0 aromatic carbocycles. The molecule has 0 amide bonds. The summed E-state index contributed by atoms with van der Waals surface area (Å²) < 4.78 is 18.3. The zero-order valence-corrected chi connectivity index (χ0v) is 7.75. The van der Waals surface area contributed by atoms with Crippen LogP contribution in [0.2, 0.25) is 0 Å². The summed E-state index contributed by atoms with van der Waals surface area (Å²) in [6.45, 7) is 4.04. The Kier molecular flexibility index (Phi) is 2.90. The molecule has 0 N–H and O–H groups in total. The van der Waals surface area contributed by atoms with E-state index in [9.17, 15) is 4.39 Å². The SMILES string of the molecule is COC1=CC(F)C(C(C)C)C=C1. The normalized spacial score (nSPS) is 28.9. The Morgan fingerprint density at radius 3 is 2.58 bits per heavy atom. The molecule has 0 saturated heterocycles. The van der Waals surface area contributed by atoms with Crippen LogP contribution >= 0.6 is 0 Å². The molecule has 1 rings (SSSR count). The summed E-state index contributed by atoms with van der Waals surface area (Å²) >= 11 is 0. The molecule has 0 radical (unpaired) electrons. The molecular weight excluding hydrogens is 155 g/mol. The number of hydrogen-bond donors (Lipinski definition) is 0. The third-order valence-corrected chi connectivity index (χ3v) is 2.18. The Bertz CT molecular complexity index is 206. The highest BCUT2D eigenvalue weighted by Crippen LogP contribution is 2.26. The second-order valence-electron chi connectivity index (χ2n) is 3.40. The van der Waals surface area contributed by atoms with Crippen molar-refractivity contribution in [1.29, 1.82) is 0 Å². The van der Waals surface area contributed by atoms with Gasteiger partial charge in [-0.15, -0.1) is 0 Å². The van der Waals surface area contributed by atoms with E-state index in [0.29, 0.717) is 11.7 Å². The van der Waals surface area contributed by atoms with E-state index in [2.05, 4.69) is 0 Å². The van der Waals surface area contributed by atoms with E-state index in [1.54, 1.807) is 7.11 Å². The molecule has 1 nitrogen and oxygen atoms in total. The molecule has 1 aliphatic rings. The van der Waals surface area contributed by atoms with E-state index in [0.717, 1.165) is 0 Å². The van der Waals surface area contributed by atoms with Gasteiger partial charge in [0.1, 0.15) is 11.9 Å². The van der Waals surface area contributed by atoms with Gasteiger partial charge in [-0.1, -0.05) is 19.9 Å². The number of allylic oxidation sites excluding steroid dienone is 3. The summed E-state index contributed by atoms with van der Waals surface area (Å²) in [5, 5.41) is 0. The molecule has 0 fully saturated rings.